The molecule has 0 bridgehead atoms. The second-order valence-electron chi connectivity index (χ2n) is 4.07. The van der Waals surface area contributed by atoms with Crippen LogP contribution < -0.4 is 10.5 Å². The fourth-order valence-electron chi connectivity index (χ4n) is 1.90. The van der Waals surface area contributed by atoms with Gasteiger partial charge < -0.3 is 4.90 Å². The third-order valence-electron chi connectivity index (χ3n) is 2.89. The van der Waals surface area contributed by atoms with Crippen molar-refractivity contribution in [1.29, 1.82) is 0 Å². The van der Waals surface area contributed by atoms with Crippen LogP contribution in [0.2, 0.25) is 5.02 Å². The molecule has 0 aromatic carbocycles. The highest BCUT2D eigenvalue weighted by atomic mass is 35.5. The first kappa shape index (κ1) is 10.5. The number of nitrogens with one attached hydrogen (secondary N) is 1. The Bertz CT molecular complexity index is 396. The summed E-state index contributed by atoms with van der Waals surface area (Å²) in [6, 6.07) is 0. The third-order valence-corrected chi connectivity index (χ3v) is 3.16. The smallest absolute Gasteiger partial charge is 0.289 e. The Kier molecular flexibility index (Phi) is 2.95. The van der Waals surface area contributed by atoms with Gasteiger partial charge in [0.05, 0.1) is 11.2 Å². The van der Waals surface area contributed by atoms with Crippen molar-refractivity contribution in [1.82, 2.24) is 10.2 Å². The minimum absolute atomic E-state index is 0.197. The van der Waals surface area contributed by atoms with Crippen molar-refractivity contribution in [3.05, 3.63) is 21.6 Å². The van der Waals surface area contributed by atoms with Gasteiger partial charge in [0.15, 0.2) is 0 Å². The lowest BCUT2D eigenvalue weighted by molar-refractivity contribution is 0.437. The Hall–Kier alpha value is -1.03. The number of rotatable bonds is 1. The van der Waals surface area contributed by atoms with Crippen molar-refractivity contribution < 1.29 is 0 Å². The maximum absolute atomic E-state index is 11.6. The number of aromatic nitrogens is 2. The van der Waals surface area contributed by atoms with E-state index in [0.717, 1.165) is 31.8 Å². The molecule has 1 aliphatic rings. The summed E-state index contributed by atoms with van der Waals surface area (Å²) >= 11 is 5.98. The van der Waals surface area contributed by atoms with Crippen LogP contribution in [0.3, 0.4) is 0 Å². The van der Waals surface area contributed by atoms with E-state index in [-0.39, 0.29) is 5.56 Å². The van der Waals surface area contributed by atoms with E-state index in [1.807, 2.05) is 4.90 Å². The number of piperidine rings is 1. The molecule has 82 valence electrons. The molecule has 4 nitrogen and oxygen atoms in total. The van der Waals surface area contributed by atoms with E-state index in [1.165, 1.54) is 6.20 Å². The quantitative estimate of drug-likeness (QED) is 0.794. The van der Waals surface area contributed by atoms with Crippen molar-refractivity contribution in [3.63, 3.8) is 0 Å². The molecule has 2 rings (SSSR count). The van der Waals surface area contributed by atoms with E-state index in [1.54, 1.807) is 0 Å². The predicted octanol–water partition coefficient (Wildman–Crippen LogP) is 1.66. The summed E-state index contributed by atoms with van der Waals surface area (Å²) in [6.07, 6.45) is 3.70. The first-order chi connectivity index (χ1) is 7.18. The van der Waals surface area contributed by atoms with Crippen molar-refractivity contribution >= 4 is 17.3 Å². The van der Waals surface area contributed by atoms with E-state index in [4.69, 9.17) is 11.6 Å². The summed E-state index contributed by atoms with van der Waals surface area (Å²) in [5, 5.41) is 6.51. The molecule has 2 heterocycles. The number of hydrogen-bond donors (Lipinski definition) is 1. The maximum Gasteiger partial charge on any atom is 0.289 e. The molecule has 15 heavy (non-hydrogen) atoms. The zero-order chi connectivity index (χ0) is 10.8. The molecule has 1 aromatic rings. The van der Waals surface area contributed by atoms with Gasteiger partial charge in [0.1, 0.15) is 5.69 Å². The Morgan fingerprint density at radius 1 is 1.53 bits per heavy atom. The zero-order valence-electron chi connectivity index (χ0n) is 8.66. The normalized spacial score (nSPS) is 18.1. The van der Waals surface area contributed by atoms with Gasteiger partial charge in [-0.05, 0) is 18.8 Å². The zero-order valence-corrected chi connectivity index (χ0v) is 9.42. The molecular weight excluding hydrogens is 214 g/mol. The Morgan fingerprint density at radius 3 is 2.80 bits per heavy atom. The van der Waals surface area contributed by atoms with Crippen molar-refractivity contribution in [2.24, 2.45) is 5.92 Å². The molecule has 1 aromatic heterocycles. The van der Waals surface area contributed by atoms with Gasteiger partial charge in [-0.1, -0.05) is 18.5 Å². The summed E-state index contributed by atoms with van der Waals surface area (Å²) in [6.45, 7) is 4.03. The maximum atomic E-state index is 11.6. The Labute approximate surface area is 93.2 Å². The molecule has 1 N–H and O–H groups in total. The molecule has 0 spiro atoms. The predicted molar refractivity (Wildman–Crippen MR) is 60.5 cm³/mol. The van der Waals surface area contributed by atoms with E-state index in [0.29, 0.717) is 10.7 Å². The van der Waals surface area contributed by atoms with Crippen LogP contribution in [-0.2, 0) is 0 Å². The van der Waals surface area contributed by atoms with Crippen LogP contribution in [0.4, 0.5) is 5.69 Å². The van der Waals surface area contributed by atoms with Crippen LogP contribution in [0.15, 0.2) is 11.0 Å². The standard InChI is InChI=1S/C10H14ClN3O/c1-7-2-4-14(5-3-7)9-8(11)6-12-13-10(9)15/h6-7H,2-5H2,1H3,(H,13,15). The summed E-state index contributed by atoms with van der Waals surface area (Å²) < 4.78 is 0. The minimum Gasteiger partial charge on any atom is -0.366 e. The van der Waals surface area contributed by atoms with Gasteiger partial charge in [0.25, 0.3) is 5.56 Å². The van der Waals surface area contributed by atoms with Gasteiger partial charge >= 0.3 is 0 Å². The third kappa shape index (κ3) is 2.15. The first-order valence-corrected chi connectivity index (χ1v) is 5.54. The number of hydrogen-bond acceptors (Lipinski definition) is 3. The SMILES string of the molecule is CC1CCN(c2c(Cl)cn[nH]c2=O)CC1. The first-order valence-electron chi connectivity index (χ1n) is 5.16. The molecule has 1 aliphatic heterocycles. The van der Waals surface area contributed by atoms with Crippen LogP contribution in [0, 0.1) is 5.92 Å². The van der Waals surface area contributed by atoms with Crippen molar-refractivity contribution in [3.8, 4) is 0 Å². The molecular formula is C10H14ClN3O. The second-order valence-corrected chi connectivity index (χ2v) is 4.47. The number of halogens is 1. The lowest BCUT2D eigenvalue weighted by atomic mass is 9.99. The van der Waals surface area contributed by atoms with E-state index >= 15 is 0 Å². The lowest BCUT2D eigenvalue weighted by Crippen LogP contribution is -2.36. The second kappa shape index (κ2) is 4.23. The van der Waals surface area contributed by atoms with Gasteiger partial charge in [-0.3, -0.25) is 4.79 Å². The van der Waals surface area contributed by atoms with Crippen LogP contribution >= 0.6 is 11.6 Å². The molecule has 0 atom stereocenters. The number of aromatic amines is 1. The summed E-state index contributed by atoms with van der Waals surface area (Å²) in [5.74, 6) is 0.737. The fraction of sp³-hybridized carbons (Fsp3) is 0.600. The van der Waals surface area contributed by atoms with E-state index in [9.17, 15) is 4.79 Å². The number of anilines is 1. The molecule has 0 unspecified atom stereocenters. The average molecular weight is 228 g/mol. The average Bonchev–Trinajstić information content (AvgIpc) is 2.20. The van der Waals surface area contributed by atoms with Crippen LogP contribution in [-0.4, -0.2) is 23.3 Å². The fourth-order valence-corrected chi connectivity index (χ4v) is 2.15. The Morgan fingerprint density at radius 2 is 2.20 bits per heavy atom. The summed E-state index contributed by atoms with van der Waals surface area (Å²) in [4.78, 5) is 13.6. The van der Waals surface area contributed by atoms with E-state index < -0.39 is 0 Å². The van der Waals surface area contributed by atoms with Gasteiger partial charge in [-0.15, -0.1) is 0 Å². The molecule has 0 radical (unpaired) electrons. The highest BCUT2D eigenvalue weighted by Gasteiger charge is 2.20. The summed E-state index contributed by atoms with van der Waals surface area (Å²) in [5.41, 5.74) is 0.371. The number of H-pyrrole nitrogens is 1. The highest BCUT2D eigenvalue weighted by molar-refractivity contribution is 6.33. The Balaban J connectivity index is 2.26. The molecule has 5 heteroatoms. The van der Waals surface area contributed by atoms with Gasteiger partial charge in [-0.2, -0.15) is 5.10 Å². The molecule has 1 saturated heterocycles. The van der Waals surface area contributed by atoms with Gasteiger partial charge in [-0.25, -0.2) is 5.10 Å². The van der Waals surface area contributed by atoms with E-state index in [2.05, 4.69) is 17.1 Å². The topological polar surface area (TPSA) is 49.0 Å². The molecule has 0 saturated carbocycles. The highest BCUT2D eigenvalue weighted by Crippen LogP contribution is 2.25. The number of nitrogens with zero attached hydrogens (tertiary/aromatic N) is 2. The van der Waals surface area contributed by atoms with Crippen LogP contribution in [0.1, 0.15) is 19.8 Å². The van der Waals surface area contributed by atoms with Crippen molar-refractivity contribution in [2.75, 3.05) is 18.0 Å². The largest absolute Gasteiger partial charge is 0.366 e. The minimum atomic E-state index is -0.197. The van der Waals surface area contributed by atoms with Gasteiger partial charge in [0, 0.05) is 13.1 Å². The van der Waals surface area contributed by atoms with Crippen molar-refractivity contribution in [2.45, 2.75) is 19.8 Å². The van der Waals surface area contributed by atoms with Crippen LogP contribution in [0.25, 0.3) is 0 Å². The van der Waals surface area contributed by atoms with Gasteiger partial charge in [0.2, 0.25) is 0 Å². The molecule has 0 aliphatic carbocycles. The lowest BCUT2D eigenvalue weighted by Gasteiger charge is -2.31. The molecule has 0 amide bonds. The monoisotopic (exact) mass is 227 g/mol. The molecule has 1 fully saturated rings. The van der Waals surface area contributed by atoms with Crippen LogP contribution in [0.5, 0.6) is 0 Å². The summed E-state index contributed by atoms with van der Waals surface area (Å²) in [7, 11) is 0.